The smallest absolute Gasteiger partial charge is 0.256 e. The first-order chi connectivity index (χ1) is 13.6. The van der Waals surface area contributed by atoms with Crippen LogP contribution in [-0.4, -0.2) is 34.7 Å². The van der Waals surface area contributed by atoms with Crippen molar-refractivity contribution in [3.05, 3.63) is 106 Å². The third-order valence-corrected chi connectivity index (χ3v) is 5.87. The van der Waals surface area contributed by atoms with Crippen molar-refractivity contribution >= 4 is 23.4 Å². The number of rotatable bonds is 2. The molecule has 2 aliphatic rings. The van der Waals surface area contributed by atoms with Crippen LogP contribution in [0.3, 0.4) is 0 Å². The van der Waals surface area contributed by atoms with Crippen molar-refractivity contribution in [1.82, 2.24) is 9.80 Å². The average Bonchev–Trinajstić information content (AvgIpc) is 3.25. The van der Waals surface area contributed by atoms with Crippen LogP contribution in [0.1, 0.15) is 31.8 Å². The fraction of sp³-hybridized carbons (Fsp3) is 0.130. The largest absolute Gasteiger partial charge is 0.306 e. The molecule has 5 heteroatoms. The van der Waals surface area contributed by atoms with Gasteiger partial charge in [0.05, 0.1) is 0 Å². The molecule has 0 aliphatic carbocycles. The normalized spacial score (nSPS) is 20.2. The number of nitrogens with zero attached hydrogens (tertiary/aromatic N) is 2. The minimum atomic E-state index is -0.953. The van der Waals surface area contributed by atoms with Crippen molar-refractivity contribution in [2.24, 2.45) is 0 Å². The summed E-state index contributed by atoms with van der Waals surface area (Å²) in [5.41, 5.74) is 1.99. The lowest BCUT2D eigenvalue weighted by Crippen LogP contribution is -2.51. The Morgan fingerprint density at radius 2 is 1.54 bits per heavy atom. The van der Waals surface area contributed by atoms with Crippen molar-refractivity contribution < 1.29 is 9.59 Å². The molecule has 0 bridgehead atoms. The van der Waals surface area contributed by atoms with Crippen LogP contribution in [0.25, 0.3) is 0 Å². The summed E-state index contributed by atoms with van der Waals surface area (Å²) >= 11 is 6.12. The van der Waals surface area contributed by atoms with Crippen molar-refractivity contribution in [1.29, 1.82) is 0 Å². The number of fused-ring (bicyclic) bond motifs is 3. The molecule has 1 saturated heterocycles. The Balaban J connectivity index is 1.76. The molecule has 4 nitrogen and oxygen atoms in total. The molecular formula is C23H17ClN2O2. The Kier molecular flexibility index (Phi) is 3.78. The second-order valence-electron chi connectivity index (χ2n) is 7.00. The standard InChI is InChI=1S/C23H17ClN2O2/c24-18-12-10-17(11-13-18)23-20-9-5-4-8-19(20)22(28)26(23)15-14-25(23)21(27)16-6-2-1-3-7-16/h1-13H,14-15H2/t23-/m0/s1. The Morgan fingerprint density at radius 1 is 0.857 bits per heavy atom. The summed E-state index contributed by atoms with van der Waals surface area (Å²) < 4.78 is 0. The van der Waals surface area contributed by atoms with Gasteiger partial charge in [0, 0.05) is 40.4 Å². The molecule has 2 heterocycles. The summed E-state index contributed by atoms with van der Waals surface area (Å²) in [6.07, 6.45) is 0. The maximum absolute atomic E-state index is 13.5. The Labute approximate surface area is 168 Å². The molecule has 0 unspecified atom stereocenters. The maximum Gasteiger partial charge on any atom is 0.256 e. The van der Waals surface area contributed by atoms with Gasteiger partial charge in [0.25, 0.3) is 11.8 Å². The molecule has 0 saturated carbocycles. The minimum Gasteiger partial charge on any atom is -0.306 e. The zero-order valence-electron chi connectivity index (χ0n) is 15.0. The summed E-state index contributed by atoms with van der Waals surface area (Å²) in [4.78, 5) is 30.3. The minimum absolute atomic E-state index is 0.0473. The number of hydrogen-bond acceptors (Lipinski definition) is 2. The van der Waals surface area contributed by atoms with Crippen LogP contribution in [-0.2, 0) is 5.66 Å². The van der Waals surface area contributed by atoms with E-state index in [4.69, 9.17) is 11.6 Å². The third kappa shape index (κ3) is 2.18. The second kappa shape index (κ2) is 6.21. The van der Waals surface area contributed by atoms with Gasteiger partial charge in [-0.1, -0.05) is 60.1 Å². The van der Waals surface area contributed by atoms with Crippen molar-refractivity contribution in [3.8, 4) is 0 Å². The van der Waals surface area contributed by atoms with Gasteiger partial charge in [0.1, 0.15) is 0 Å². The number of amides is 2. The molecule has 3 aromatic rings. The Hall–Kier alpha value is -3.11. The maximum atomic E-state index is 13.5. The van der Waals surface area contributed by atoms with E-state index in [1.807, 2.05) is 76.5 Å². The first-order valence-electron chi connectivity index (χ1n) is 9.18. The first kappa shape index (κ1) is 17.0. The van der Waals surface area contributed by atoms with Crippen LogP contribution in [0.2, 0.25) is 5.02 Å². The zero-order valence-corrected chi connectivity index (χ0v) is 15.8. The highest BCUT2D eigenvalue weighted by Gasteiger charge is 2.59. The molecule has 0 N–H and O–H groups in total. The summed E-state index contributed by atoms with van der Waals surface area (Å²) in [5, 5.41) is 0.614. The van der Waals surface area contributed by atoms with Crippen LogP contribution >= 0.6 is 11.6 Å². The fourth-order valence-corrected chi connectivity index (χ4v) is 4.59. The summed E-state index contributed by atoms with van der Waals surface area (Å²) in [6, 6.07) is 24.2. The van der Waals surface area contributed by atoms with Crippen LogP contribution in [0.15, 0.2) is 78.9 Å². The lowest BCUT2D eigenvalue weighted by atomic mass is 9.89. The topological polar surface area (TPSA) is 40.6 Å². The van der Waals surface area contributed by atoms with Gasteiger partial charge in [-0.05, 0) is 30.3 Å². The van der Waals surface area contributed by atoms with Gasteiger partial charge in [0.15, 0.2) is 5.66 Å². The van der Waals surface area contributed by atoms with Gasteiger partial charge < -0.3 is 9.80 Å². The highest BCUT2D eigenvalue weighted by atomic mass is 35.5. The highest BCUT2D eigenvalue weighted by molar-refractivity contribution is 6.30. The fourth-order valence-electron chi connectivity index (χ4n) is 4.46. The predicted octanol–water partition coefficient (Wildman–Crippen LogP) is 4.15. The van der Waals surface area contributed by atoms with E-state index in [2.05, 4.69) is 0 Å². The number of carbonyl (C=O) groups excluding carboxylic acids is 2. The van der Waals surface area contributed by atoms with E-state index in [-0.39, 0.29) is 11.8 Å². The molecule has 2 amide bonds. The summed E-state index contributed by atoms with van der Waals surface area (Å²) in [6.45, 7) is 0.950. The number of carbonyl (C=O) groups is 2. The van der Waals surface area contributed by atoms with Crippen LogP contribution in [0.5, 0.6) is 0 Å². The Morgan fingerprint density at radius 3 is 2.29 bits per heavy atom. The van der Waals surface area contributed by atoms with E-state index in [1.165, 1.54) is 0 Å². The van der Waals surface area contributed by atoms with Crippen LogP contribution in [0, 0.1) is 0 Å². The summed E-state index contributed by atoms with van der Waals surface area (Å²) in [7, 11) is 0. The quantitative estimate of drug-likeness (QED) is 0.661. The van der Waals surface area contributed by atoms with E-state index in [1.54, 1.807) is 12.1 Å². The molecule has 1 atom stereocenters. The second-order valence-corrected chi connectivity index (χ2v) is 7.44. The van der Waals surface area contributed by atoms with Gasteiger partial charge in [-0.25, -0.2) is 0 Å². The molecule has 0 spiro atoms. The predicted molar refractivity (Wildman–Crippen MR) is 107 cm³/mol. The number of benzene rings is 3. The SMILES string of the molecule is O=C(c1ccccc1)N1CCN2C(=O)c3ccccc3[C@@]12c1ccc(Cl)cc1. The van der Waals surface area contributed by atoms with E-state index in [0.29, 0.717) is 29.2 Å². The molecule has 3 aromatic carbocycles. The van der Waals surface area contributed by atoms with Gasteiger partial charge >= 0.3 is 0 Å². The monoisotopic (exact) mass is 388 g/mol. The van der Waals surface area contributed by atoms with Gasteiger partial charge in [-0.3, -0.25) is 9.59 Å². The van der Waals surface area contributed by atoms with Gasteiger partial charge in [-0.2, -0.15) is 0 Å². The number of hydrogen-bond donors (Lipinski definition) is 0. The first-order valence-corrected chi connectivity index (χ1v) is 9.56. The third-order valence-electron chi connectivity index (χ3n) is 5.62. The van der Waals surface area contributed by atoms with E-state index in [9.17, 15) is 9.59 Å². The van der Waals surface area contributed by atoms with Crippen molar-refractivity contribution in [2.75, 3.05) is 13.1 Å². The molecule has 1 fully saturated rings. The average molecular weight is 389 g/mol. The van der Waals surface area contributed by atoms with Crippen LogP contribution < -0.4 is 0 Å². The van der Waals surface area contributed by atoms with Crippen molar-refractivity contribution in [2.45, 2.75) is 5.66 Å². The van der Waals surface area contributed by atoms with Crippen molar-refractivity contribution in [3.63, 3.8) is 0 Å². The molecule has 28 heavy (non-hydrogen) atoms. The highest BCUT2D eigenvalue weighted by Crippen LogP contribution is 2.50. The van der Waals surface area contributed by atoms with E-state index < -0.39 is 5.66 Å². The van der Waals surface area contributed by atoms with E-state index in [0.717, 1.165) is 11.1 Å². The Bertz CT molecular complexity index is 1080. The summed E-state index contributed by atoms with van der Waals surface area (Å²) in [5.74, 6) is -0.142. The molecule has 5 rings (SSSR count). The molecule has 0 aromatic heterocycles. The van der Waals surface area contributed by atoms with Gasteiger partial charge in [-0.15, -0.1) is 0 Å². The number of halogens is 1. The molecule has 2 aliphatic heterocycles. The molecular weight excluding hydrogens is 372 g/mol. The van der Waals surface area contributed by atoms with Gasteiger partial charge in [0.2, 0.25) is 0 Å². The van der Waals surface area contributed by atoms with E-state index >= 15 is 0 Å². The lowest BCUT2D eigenvalue weighted by molar-refractivity contribution is 0.0375. The zero-order chi connectivity index (χ0) is 19.3. The van der Waals surface area contributed by atoms with Crippen LogP contribution in [0.4, 0.5) is 0 Å². The lowest BCUT2D eigenvalue weighted by Gasteiger charge is -2.40. The molecule has 0 radical (unpaired) electrons. The molecule has 138 valence electrons.